The molecule has 3 rings (SSSR count). The molecule has 0 aromatic heterocycles. The van der Waals surface area contributed by atoms with Crippen molar-refractivity contribution in [2.75, 3.05) is 44.4 Å². The zero-order chi connectivity index (χ0) is 25.8. The van der Waals surface area contributed by atoms with Gasteiger partial charge in [0.05, 0.1) is 24.6 Å². The van der Waals surface area contributed by atoms with Crippen LogP contribution in [0.5, 0.6) is 0 Å². The summed E-state index contributed by atoms with van der Waals surface area (Å²) in [6.45, 7) is 4.63. The Morgan fingerprint density at radius 2 is 1.53 bits per heavy atom. The molecule has 0 spiro atoms. The van der Waals surface area contributed by atoms with E-state index in [1.165, 1.54) is 0 Å². The van der Waals surface area contributed by atoms with Crippen LogP contribution in [0.4, 0.5) is 17.1 Å². The Kier molecular flexibility index (Phi) is 11.7. The van der Waals surface area contributed by atoms with Crippen LogP contribution in [0.2, 0.25) is 0 Å². The Morgan fingerprint density at radius 3 is 2.19 bits per heavy atom. The second-order valence-corrected chi connectivity index (χ2v) is 8.52. The highest BCUT2D eigenvalue weighted by atomic mass is 16.6. The lowest BCUT2D eigenvalue weighted by atomic mass is 9.99. The number of rotatable bonds is 14. The number of aliphatic hydroxyl groups is 4. The molecule has 2 aromatic carbocycles. The van der Waals surface area contributed by atoms with Crippen molar-refractivity contribution in [2.45, 2.75) is 50.5 Å². The zero-order valence-electron chi connectivity index (χ0n) is 20.6. The van der Waals surface area contributed by atoms with Gasteiger partial charge in [0.25, 0.3) is 0 Å². The van der Waals surface area contributed by atoms with Crippen molar-refractivity contribution in [1.82, 2.24) is 0 Å². The van der Waals surface area contributed by atoms with Gasteiger partial charge in [-0.25, -0.2) is 0 Å². The van der Waals surface area contributed by atoms with Gasteiger partial charge in [-0.3, -0.25) is 0 Å². The number of likely N-dealkylation sites (N-methyl/N-ethyl adjacent to an activating group) is 1. The van der Waals surface area contributed by atoms with E-state index < -0.39 is 37.3 Å². The van der Waals surface area contributed by atoms with Crippen LogP contribution in [0.15, 0.2) is 64.8 Å². The summed E-state index contributed by atoms with van der Waals surface area (Å²) >= 11 is 0. The first kappa shape index (κ1) is 28.1. The Labute approximate surface area is 211 Å². The maximum atomic E-state index is 10.1. The standard InChI is InChI=1S/C26H37N3O7/c1-2-29(21-12-10-20(11-13-21)28-27-19-8-4-3-5-9-19)14-17-34-15-6-7-16-35-25-23(31)22(18-30)36-26(33)24(25)32/h3-5,8-13,22-26,30-33H,2,6-7,14-18H2,1H3/t22-,23-,24-,25+,26-/m1/s1. The van der Waals surface area contributed by atoms with Crippen LogP contribution in [0.1, 0.15) is 19.8 Å². The molecule has 0 bridgehead atoms. The van der Waals surface area contributed by atoms with Gasteiger partial charge in [0.2, 0.25) is 0 Å². The van der Waals surface area contributed by atoms with Crippen molar-refractivity contribution in [3.8, 4) is 0 Å². The molecule has 0 saturated carbocycles. The van der Waals surface area contributed by atoms with Crippen molar-refractivity contribution in [1.29, 1.82) is 0 Å². The summed E-state index contributed by atoms with van der Waals surface area (Å²) in [4.78, 5) is 2.22. The second kappa shape index (κ2) is 15.0. The molecule has 4 N–H and O–H groups in total. The van der Waals surface area contributed by atoms with Crippen molar-refractivity contribution in [2.24, 2.45) is 10.2 Å². The van der Waals surface area contributed by atoms with Crippen LogP contribution < -0.4 is 4.90 Å². The van der Waals surface area contributed by atoms with E-state index in [1.807, 2.05) is 54.6 Å². The Balaban J connectivity index is 1.31. The number of unbranched alkanes of at least 4 members (excludes halogenated alkanes) is 1. The molecule has 0 radical (unpaired) electrons. The fourth-order valence-electron chi connectivity index (χ4n) is 3.88. The molecular formula is C26H37N3O7. The summed E-state index contributed by atoms with van der Waals surface area (Å²) in [5.74, 6) is 0. The van der Waals surface area contributed by atoms with Crippen molar-refractivity contribution < 1.29 is 34.6 Å². The van der Waals surface area contributed by atoms with Crippen molar-refractivity contribution in [3.63, 3.8) is 0 Å². The number of ether oxygens (including phenoxy) is 3. The quantitative estimate of drug-likeness (QED) is 0.228. The molecule has 198 valence electrons. The van der Waals surface area contributed by atoms with E-state index in [0.29, 0.717) is 19.6 Å². The summed E-state index contributed by atoms with van der Waals surface area (Å²) < 4.78 is 16.3. The van der Waals surface area contributed by atoms with E-state index in [-0.39, 0.29) is 6.61 Å². The Hall–Kier alpha value is -2.44. The molecule has 1 aliphatic heterocycles. The minimum Gasteiger partial charge on any atom is -0.394 e. The number of anilines is 1. The van der Waals surface area contributed by atoms with Crippen LogP contribution in [0.3, 0.4) is 0 Å². The molecule has 1 saturated heterocycles. The van der Waals surface area contributed by atoms with E-state index >= 15 is 0 Å². The van der Waals surface area contributed by atoms with Gasteiger partial charge in [0, 0.05) is 32.0 Å². The number of nitrogens with zero attached hydrogens (tertiary/aromatic N) is 3. The van der Waals surface area contributed by atoms with Gasteiger partial charge in [-0.15, -0.1) is 0 Å². The second-order valence-electron chi connectivity index (χ2n) is 8.52. The Bertz CT molecular complexity index is 900. The molecule has 5 atom stereocenters. The average molecular weight is 504 g/mol. The van der Waals surface area contributed by atoms with E-state index in [9.17, 15) is 20.4 Å². The predicted octanol–water partition coefficient (Wildman–Crippen LogP) is 2.54. The van der Waals surface area contributed by atoms with Gasteiger partial charge in [-0.1, -0.05) is 18.2 Å². The van der Waals surface area contributed by atoms with Gasteiger partial charge in [-0.05, 0) is 56.2 Å². The molecule has 36 heavy (non-hydrogen) atoms. The number of hydrogen-bond acceptors (Lipinski definition) is 10. The third kappa shape index (κ3) is 8.31. The number of benzene rings is 2. The van der Waals surface area contributed by atoms with E-state index in [2.05, 4.69) is 22.1 Å². The Morgan fingerprint density at radius 1 is 0.861 bits per heavy atom. The van der Waals surface area contributed by atoms with Gasteiger partial charge >= 0.3 is 0 Å². The highest BCUT2D eigenvalue weighted by Gasteiger charge is 2.44. The molecule has 1 heterocycles. The highest BCUT2D eigenvalue weighted by Crippen LogP contribution is 2.23. The lowest BCUT2D eigenvalue weighted by Crippen LogP contribution is -2.59. The van der Waals surface area contributed by atoms with Crippen LogP contribution in [-0.2, 0) is 14.2 Å². The SMILES string of the molecule is CCN(CCOCCCCO[C@@H]1[C@@H](O)[C@H](O)O[C@H](CO)[C@H]1O)c1ccc(N=Nc2ccccc2)cc1. The summed E-state index contributed by atoms with van der Waals surface area (Å²) in [7, 11) is 0. The largest absolute Gasteiger partial charge is 0.394 e. The van der Waals surface area contributed by atoms with Gasteiger partial charge < -0.3 is 39.5 Å². The maximum Gasteiger partial charge on any atom is 0.184 e. The molecule has 10 nitrogen and oxygen atoms in total. The van der Waals surface area contributed by atoms with Gasteiger partial charge in [-0.2, -0.15) is 10.2 Å². The van der Waals surface area contributed by atoms with E-state index in [0.717, 1.165) is 36.6 Å². The van der Waals surface area contributed by atoms with E-state index in [1.54, 1.807) is 0 Å². The average Bonchev–Trinajstić information content (AvgIpc) is 2.91. The number of azo groups is 1. The normalized spacial score (nSPS) is 24.3. The van der Waals surface area contributed by atoms with Gasteiger partial charge in [0.15, 0.2) is 6.29 Å². The summed E-state index contributed by atoms with van der Waals surface area (Å²) in [6.07, 6.45) is -4.70. The van der Waals surface area contributed by atoms with Crippen LogP contribution in [0.25, 0.3) is 0 Å². The number of aliphatic hydroxyl groups excluding tert-OH is 4. The number of hydrogen-bond donors (Lipinski definition) is 4. The maximum absolute atomic E-state index is 10.1. The molecular weight excluding hydrogens is 466 g/mol. The molecule has 2 aromatic rings. The third-order valence-electron chi connectivity index (χ3n) is 5.97. The highest BCUT2D eigenvalue weighted by molar-refractivity contribution is 5.52. The lowest BCUT2D eigenvalue weighted by molar-refractivity contribution is -0.294. The smallest absolute Gasteiger partial charge is 0.184 e. The predicted molar refractivity (Wildman–Crippen MR) is 135 cm³/mol. The fourth-order valence-corrected chi connectivity index (χ4v) is 3.88. The molecule has 0 aliphatic carbocycles. The fraction of sp³-hybridized carbons (Fsp3) is 0.538. The summed E-state index contributed by atoms with van der Waals surface area (Å²) in [5.41, 5.74) is 2.69. The first-order chi connectivity index (χ1) is 17.5. The topological polar surface area (TPSA) is 137 Å². The summed E-state index contributed by atoms with van der Waals surface area (Å²) in [6, 6.07) is 17.5. The minimum absolute atomic E-state index is 0.280. The monoisotopic (exact) mass is 503 g/mol. The first-order valence-corrected chi connectivity index (χ1v) is 12.3. The molecule has 1 fully saturated rings. The van der Waals surface area contributed by atoms with Crippen molar-refractivity contribution in [3.05, 3.63) is 54.6 Å². The van der Waals surface area contributed by atoms with Crippen LogP contribution >= 0.6 is 0 Å². The minimum atomic E-state index is -1.50. The van der Waals surface area contributed by atoms with Gasteiger partial charge in [0.1, 0.15) is 24.4 Å². The molecule has 10 heteroatoms. The van der Waals surface area contributed by atoms with Crippen LogP contribution in [-0.4, -0.2) is 90.6 Å². The molecule has 1 aliphatic rings. The third-order valence-corrected chi connectivity index (χ3v) is 5.97. The first-order valence-electron chi connectivity index (χ1n) is 12.3. The van der Waals surface area contributed by atoms with E-state index in [4.69, 9.17) is 14.2 Å². The lowest BCUT2D eigenvalue weighted by Gasteiger charge is -2.39. The summed E-state index contributed by atoms with van der Waals surface area (Å²) in [5, 5.41) is 47.5. The molecule has 0 amide bonds. The van der Waals surface area contributed by atoms with Crippen LogP contribution in [0, 0.1) is 0 Å². The van der Waals surface area contributed by atoms with Crippen molar-refractivity contribution >= 4 is 17.1 Å². The molecule has 0 unspecified atom stereocenters. The zero-order valence-corrected chi connectivity index (χ0v) is 20.6.